The molecular formula is C17H21N3O3S. The second-order valence-electron chi connectivity index (χ2n) is 5.91. The van der Waals surface area contributed by atoms with Crippen LogP contribution in [0.15, 0.2) is 16.9 Å². The molecule has 1 aromatic heterocycles. The molecule has 0 fully saturated rings. The molecule has 2 heterocycles. The summed E-state index contributed by atoms with van der Waals surface area (Å²) < 4.78 is 11.3. The van der Waals surface area contributed by atoms with Crippen LogP contribution in [0.3, 0.4) is 0 Å². The molecule has 1 aliphatic heterocycles. The van der Waals surface area contributed by atoms with Crippen LogP contribution in [0.5, 0.6) is 11.5 Å². The Kier molecular flexibility index (Phi) is 4.73. The SMILES string of the molecule is COc1ccc(CN2CCc3[nH]c(=S)[nH]c(=O)c3C2)c(OC)c1C. The quantitative estimate of drug-likeness (QED) is 0.831. The zero-order valence-electron chi connectivity index (χ0n) is 14.1. The number of fused-ring (bicyclic) bond motifs is 1. The van der Waals surface area contributed by atoms with E-state index in [9.17, 15) is 4.79 Å². The molecule has 2 N–H and O–H groups in total. The van der Waals surface area contributed by atoms with Gasteiger partial charge in [-0.1, -0.05) is 6.07 Å². The molecule has 0 amide bonds. The lowest BCUT2D eigenvalue weighted by Crippen LogP contribution is -2.35. The van der Waals surface area contributed by atoms with Gasteiger partial charge in [0.25, 0.3) is 5.56 Å². The summed E-state index contributed by atoms with van der Waals surface area (Å²) in [7, 11) is 3.32. The summed E-state index contributed by atoms with van der Waals surface area (Å²) in [5.74, 6) is 1.64. The highest BCUT2D eigenvalue weighted by Crippen LogP contribution is 2.32. The van der Waals surface area contributed by atoms with Gasteiger partial charge in [0.2, 0.25) is 0 Å². The van der Waals surface area contributed by atoms with Gasteiger partial charge >= 0.3 is 0 Å². The van der Waals surface area contributed by atoms with E-state index in [1.54, 1.807) is 14.2 Å². The average Bonchev–Trinajstić information content (AvgIpc) is 2.56. The van der Waals surface area contributed by atoms with E-state index in [-0.39, 0.29) is 5.56 Å². The van der Waals surface area contributed by atoms with Crippen LogP contribution in [0.2, 0.25) is 0 Å². The van der Waals surface area contributed by atoms with Gasteiger partial charge in [-0.25, -0.2) is 0 Å². The summed E-state index contributed by atoms with van der Waals surface area (Å²) >= 11 is 5.04. The fourth-order valence-electron chi connectivity index (χ4n) is 3.25. The molecule has 1 aliphatic rings. The summed E-state index contributed by atoms with van der Waals surface area (Å²) in [4.78, 5) is 20.1. The first-order chi connectivity index (χ1) is 11.5. The second kappa shape index (κ2) is 6.78. The Morgan fingerprint density at radius 1 is 1.25 bits per heavy atom. The van der Waals surface area contributed by atoms with Gasteiger partial charge in [0.15, 0.2) is 4.77 Å². The third kappa shape index (κ3) is 3.09. The smallest absolute Gasteiger partial charge is 0.256 e. The summed E-state index contributed by atoms with van der Waals surface area (Å²) in [5, 5.41) is 0. The molecule has 0 atom stereocenters. The van der Waals surface area contributed by atoms with Crippen molar-refractivity contribution in [2.75, 3.05) is 20.8 Å². The zero-order chi connectivity index (χ0) is 17.3. The fourth-order valence-corrected chi connectivity index (χ4v) is 3.46. The number of aromatic amines is 2. The van der Waals surface area contributed by atoms with Crippen LogP contribution in [-0.2, 0) is 19.5 Å². The maximum atomic E-state index is 12.1. The lowest BCUT2D eigenvalue weighted by molar-refractivity contribution is 0.237. The minimum atomic E-state index is -0.101. The summed E-state index contributed by atoms with van der Waals surface area (Å²) in [6, 6.07) is 3.97. The Bertz CT molecular complexity index is 872. The monoisotopic (exact) mass is 347 g/mol. The van der Waals surface area contributed by atoms with Crippen molar-refractivity contribution in [1.29, 1.82) is 0 Å². The molecule has 6 nitrogen and oxygen atoms in total. The average molecular weight is 347 g/mol. The number of H-pyrrole nitrogens is 2. The number of aromatic nitrogens is 2. The Balaban J connectivity index is 1.87. The van der Waals surface area contributed by atoms with Crippen molar-refractivity contribution >= 4 is 12.2 Å². The third-order valence-corrected chi connectivity index (χ3v) is 4.65. The van der Waals surface area contributed by atoms with E-state index in [1.807, 2.05) is 19.1 Å². The minimum absolute atomic E-state index is 0.101. The van der Waals surface area contributed by atoms with E-state index in [1.165, 1.54) is 0 Å². The van der Waals surface area contributed by atoms with Crippen LogP contribution < -0.4 is 15.0 Å². The van der Waals surface area contributed by atoms with Gasteiger partial charge in [0.1, 0.15) is 11.5 Å². The highest BCUT2D eigenvalue weighted by molar-refractivity contribution is 7.71. The highest BCUT2D eigenvalue weighted by atomic mass is 32.1. The molecule has 0 spiro atoms. The third-order valence-electron chi connectivity index (χ3n) is 4.45. The van der Waals surface area contributed by atoms with Crippen molar-refractivity contribution < 1.29 is 9.47 Å². The van der Waals surface area contributed by atoms with Gasteiger partial charge in [-0.3, -0.25) is 14.7 Å². The molecule has 0 saturated carbocycles. The van der Waals surface area contributed by atoms with Gasteiger partial charge in [0, 0.05) is 42.9 Å². The zero-order valence-corrected chi connectivity index (χ0v) is 14.9. The first kappa shape index (κ1) is 16.7. The van der Waals surface area contributed by atoms with Crippen molar-refractivity contribution in [3.05, 3.63) is 49.6 Å². The van der Waals surface area contributed by atoms with Gasteiger partial charge in [-0.05, 0) is 25.2 Å². The molecule has 0 bridgehead atoms. The largest absolute Gasteiger partial charge is 0.496 e. The van der Waals surface area contributed by atoms with Crippen LogP contribution in [-0.4, -0.2) is 35.6 Å². The molecule has 3 rings (SSSR count). The lowest BCUT2D eigenvalue weighted by Gasteiger charge is -2.28. The van der Waals surface area contributed by atoms with Crippen molar-refractivity contribution in [3.8, 4) is 11.5 Å². The number of nitrogens with zero attached hydrogens (tertiary/aromatic N) is 1. The summed E-state index contributed by atoms with van der Waals surface area (Å²) in [6.45, 7) is 4.14. The maximum Gasteiger partial charge on any atom is 0.256 e. The first-order valence-corrected chi connectivity index (χ1v) is 8.21. The maximum absolute atomic E-state index is 12.1. The van der Waals surface area contributed by atoms with Crippen molar-refractivity contribution in [3.63, 3.8) is 0 Å². The van der Waals surface area contributed by atoms with Gasteiger partial charge in [-0.2, -0.15) is 0 Å². The molecule has 0 radical (unpaired) electrons. The second-order valence-corrected chi connectivity index (χ2v) is 6.32. The molecule has 7 heteroatoms. The van der Waals surface area contributed by atoms with Crippen molar-refractivity contribution in [2.24, 2.45) is 0 Å². The first-order valence-electron chi connectivity index (χ1n) is 7.80. The number of methoxy groups -OCH3 is 2. The Hall–Kier alpha value is -2.12. The van der Waals surface area contributed by atoms with Crippen LogP contribution in [0.1, 0.15) is 22.4 Å². The van der Waals surface area contributed by atoms with Crippen molar-refractivity contribution in [2.45, 2.75) is 26.4 Å². The Labute approximate surface area is 145 Å². The van der Waals surface area contributed by atoms with Gasteiger partial charge < -0.3 is 14.5 Å². The number of benzene rings is 1. The molecule has 0 saturated heterocycles. The number of hydrogen-bond acceptors (Lipinski definition) is 5. The number of ether oxygens (including phenoxy) is 2. The van der Waals surface area contributed by atoms with Crippen LogP contribution in [0.4, 0.5) is 0 Å². The predicted octanol–water partition coefficient (Wildman–Crippen LogP) is 2.32. The fraction of sp³-hybridized carbons (Fsp3) is 0.412. The number of rotatable bonds is 4. The van der Waals surface area contributed by atoms with Gasteiger partial charge in [0.05, 0.1) is 19.8 Å². The number of nitrogens with one attached hydrogen (secondary N) is 2. The van der Waals surface area contributed by atoms with E-state index >= 15 is 0 Å². The topological polar surface area (TPSA) is 70.3 Å². The van der Waals surface area contributed by atoms with Crippen LogP contribution >= 0.6 is 12.2 Å². The predicted molar refractivity (Wildman–Crippen MR) is 94.3 cm³/mol. The van der Waals surface area contributed by atoms with E-state index in [4.69, 9.17) is 21.7 Å². The standard InChI is InChI=1S/C17H21N3O3S/c1-10-14(22-2)5-4-11(15(10)23-3)8-20-7-6-13-12(9-20)16(21)19-17(24)18-13/h4-5H,6-9H2,1-3H3,(H2,18,19,21,24). The van der Waals surface area contributed by atoms with E-state index < -0.39 is 0 Å². The molecular weight excluding hydrogens is 326 g/mol. The lowest BCUT2D eigenvalue weighted by atomic mass is 10.0. The molecule has 2 aromatic rings. The summed E-state index contributed by atoms with van der Waals surface area (Å²) in [5.41, 5.74) is 3.67. The molecule has 128 valence electrons. The molecule has 24 heavy (non-hydrogen) atoms. The Morgan fingerprint density at radius 2 is 2.04 bits per heavy atom. The summed E-state index contributed by atoms with van der Waals surface area (Å²) in [6.07, 6.45) is 0.778. The van der Waals surface area contributed by atoms with Crippen molar-refractivity contribution in [1.82, 2.24) is 14.9 Å². The van der Waals surface area contributed by atoms with E-state index in [0.717, 1.165) is 46.8 Å². The van der Waals surface area contributed by atoms with Crippen LogP contribution in [0, 0.1) is 11.7 Å². The normalized spacial score (nSPS) is 14.3. The van der Waals surface area contributed by atoms with Crippen LogP contribution in [0.25, 0.3) is 0 Å². The van der Waals surface area contributed by atoms with E-state index in [0.29, 0.717) is 17.9 Å². The Morgan fingerprint density at radius 3 is 2.75 bits per heavy atom. The molecule has 0 aliphatic carbocycles. The molecule has 0 unspecified atom stereocenters. The molecule has 1 aromatic carbocycles. The number of hydrogen-bond donors (Lipinski definition) is 2. The van der Waals surface area contributed by atoms with Gasteiger partial charge in [-0.15, -0.1) is 0 Å². The van der Waals surface area contributed by atoms with E-state index in [2.05, 4.69) is 14.9 Å². The highest BCUT2D eigenvalue weighted by Gasteiger charge is 2.21. The minimum Gasteiger partial charge on any atom is -0.496 e.